The molecule has 5 nitrogen and oxygen atoms in total. The van der Waals surface area contributed by atoms with Crippen LogP contribution in [0.3, 0.4) is 0 Å². The van der Waals surface area contributed by atoms with Gasteiger partial charge in [0.2, 0.25) is 0 Å². The van der Waals surface area contributed by atoms with Crippen LogP contribution in [0.5, 0.6) is 23.0 Å². The summed E-state index contributed by atoms with van der Waals surface area (Å²) < 4.78 is 22.9. The zero-order valence-electron chi connectivity index (χ0n) is 22.2. The summed E-state index contributed by atoms with van der Waals surface area (Å²) in [5.41, 5.74) is 1.99. The van der Waals surface area contributed by atoms with Gasteiger partial charge in [-0.05, 0) is 51.0 Å². The van der Waals surface area contributed by atoms with Gasteiger partial charge in [0.25, 0.3) is 0 Å². The Morgan fingerprint density at radius 2 is 1.23 bits per heavy atom. The maximum absolute atomic E-state index is 13.9. The molecule has 0 N–H and O–H groups in total. The van der Waals surface area contributed by atoms with Crippen molar-refractivity contribution < 1.29 is 23.7 Å². The predicted molar refractivity (Wildman–Crippen MR) is 140 cm³/mol. The van der Waals surface area contributed by atoms with Crippen LogP contribution in [0, 0.1) is 16.7 Å². The fourth-order valence-electron chi connectivity index (χ4n) is 5.43. The number of carbonyl (C=O) groups excluding carboxylic acids is 1. The van der Waals surface area contributed by atoms with Crippen LogP contribution in [0.15, 0.2) is 60.2 Å². The molecule has 35 heavy (non-hydrogen) atoms. The quantitative estimate of drug-likeness (QED) is 0.378. The van der Waals surface area contributed by atoms with Crippen molar-refractivity contribution in [3.8, 4) is 23.0 Å². The predicted octanol–water partition coefficient (Wildman–Crippen LogP) is 6.24. The van der Waals surface area contributed by atoms with Crippen LogP contribution >= 0.6 is 0 Å². The molecule has 0 spiro atoms. The number of rotatable bonds is 10. The van der Waals surface area contributed by atoms with Crippen molar-refractivity contribution in [2.75, 3.05) is 28.4 Å². The molecular weight excluding hydrogens is 440 g/mol. The highest BCUT2D eigenvalue weighted by molar-refractivity contribution is 5.85. The van der Waals surface area contributed by atoms with Crippen molar-refractivity contribution in [1.82, 2.24) is 0 Å². The molecule has 0 aliphatic heterocycles. The van der Waals surface area contributed by atoms with E-state index in [9.17, 15) is 4.79 Å². The molecule has 1 aliphatic carbocycles. The first-order chi connectivity index (χ1) is 16.6. The minimum Gasteiger partial charge on any atom is -0.496 e. The van der Waals surface area contributed by atoms with Crippen LogP contribution in [0.2, 0.25) is 0 Å². The van der Waals surface area contributed by atoms with Gasteiger partial charge in [0.15, 0.2) is 0 Å². The molecular formula is C30H38O5. The SMILES string of the molecule is COc1cccc(OC)c1CC(Cc1c(OC)cccc1OC)(C(C)=O)C1C=CC(C)(C)C=C1C. The Labute approximate surface area is 209 Å². The molecule has 1 unspecified atom stereocenters. The second-order valence-electron chi connectivity index (χ2n) is 9.89. The highest BCUT2D eigenvalue weighted by atomic mass is 16.5. The van der Waals surface area contributed by atoms with Gasteiger partial charge in [-0.3, -0.25) is 4.79 Å². The first-order valence-electron chi connectivity index (χ1n) is 11.9. The average molecular weight is 479 g/mol. The first kappa shape index (κ1) is 26.4. The van der Waals surface area contributed by atoms with Crippen molar-refractivity contribution >= 4 is 5.78 Å². The zero-order chi connectivity index (χ0) is 25.8. The molecule has 0 bridgehead atoms. The van der Waals surface area contributed by atoms with Crippen LogP contribution in [0.1, 0.15) is 38.8 Å². The molecule has 188 valence electrons. The lowest BCUT2D eigenvalue weighted by Gasteiger charge is -2.42. The molecule has 1 atom stereocenters. The lowest BCUT2D eigenvalue weighted by Crippen LogP contribution is -2.43. The summed E-state index contributed by atoms with van der Waals surface area (Å²) in [6.45, 7) is 8.15. The Hall–Kier alpha value is -3.21. The number of hydrogen-bond donors (Lipinski definition) is 0. The van der Waals surface area contributed by atoms with Gasteiger partial charge in [-0.15, -0.1) is 0 Å². The number of methoxy groups -OCH3 is 4. The fourth-order valence-corrected chi connectivity index (χ4v) is 5.43. The zero-order valence-corrected chi connectivity index (χ0v) is 22.2. The topological polar surface area (TPSA) is 54.0 Å². The smallest absolute Gasteiger partial charge is 0.137 e. The largest absolute Gasteiger partial charge is 0.496 e. The fraction of sp³-hybridized carbons (Fsp3) is 0.433. The lowest BCUT2D eigenvalue weighted by atomic mass is 9.60. The lowest BCUT2D eigenvalue weighted by molar-refractivity contribution is -0.128. The van der Waals surface area contributed by atoms with E-state index >= 15 is 0 Å². The van der Waals surface area contributed by atoms with Crippen molar-refractivity contribution in [2.45, 2.75) is 40.5 Å². The number of carbonyl (C=O) groups is 1. The van der Waals surface area contributed by atoms with E-state index in [1.807, 2.05) is 36.4 Å². The Kier molecular flexibility index (Phi) is 7.99. The third-order valence-electron chi connectivity index (χ3n) is 7.15. The van der Waals surface area contributed by atoms with Crippen LogP contribution < -0.4 is 18.9 Å². The molecule has 3 rings (SSSR count). The van der Waals surface area contributed by atoms with E-state index in [-0.39, 0.29) is 17.1 Å². The van der Waals surface area contributed by atoms with Crippen molar-refractivity contribution in [3.05, 3.63) is 71.3 Å². The van der Waals surface area contributed by atoms with Gasteiger partial charge in [0, 0.05) is 27.9 Å². The van der Waals surface area contributed by atoms with Gasteiger partial charge in [-0.1, -0.05) is 49.8 Å². The monoisotopic (exact) mass is 478 g/mol. The molecule has 0 saturated carbocycles. The number of ketones is 1. The summed E-state index contributed by atoms with van der Waals surface area (Å²) in [6.07, 6.45) is 7.50. The molecule has 1 aliphatic rings. The van der Waals surface area contributed by atoms with E-state index in [1.54, 1.807) is 35.4 Å². The van der Waals surface area contributed by atoms with E-state index in [1.165, 1.54) is 0 Å². The summed E-state index contributed by atoms with van der Waals surface area (Å²) in [5.74, 6) is 2.75. The minimum atomic E-state index is -0.836. The van der Waals surface area contributed by atoms with E-state index in [2.05, 4.69) is 39.0 Å². The maximum atomic E-state index is 13.9. The van der Waals surface area contributed by atoms with Gasteiger partial charge >= 0.3 is 0 Å². The van der Waals surface area contributed by atoms with E-state index in [0.717, 1.165) is 16.7 Å². The van der Waals surface area contributed by atoms with E-state index < -0.39 is 5.41 Å². The number of benzene rings is 2. The van der Waals surface area contributed by atoms with Crippen LogP contribution in [-0.2, 0) is 17.6 Å². The molecule has 2 aromatic rings. The molecule has 2 aromatic carbocycles. The summed E-state index contributed by atoms with van der Waals surface area (Å²) in [7, 11) is 6.58. The first-order valence-corrected chi connectivity index (χ1v) is 11.9. The number of ether oxygens (including phenoxy) is 4. The Morgan fingerprint density at radius 1 is 0.829 bits per heavy atom. The van der Waals surface area contributed by atoms with Gasteiger partial charge in [-0.2, -0.15) is 0 Å². The molecule has 5 heteroatoms. The molecule has 0 heterocycles. The van der Waals surface area contributed by atoms with Crippen LogP contribution in [0.25, 0.3) is 0 Å². The van der Waals surface area contributed by atoms with Crippen molar-refractivity contribution in [3.63, 3.8) is 0 Å². The van der Waals surface area contributed by atoms with Crippen LogP contribution in [0.4, 0.5) is 0 Å². The van der Waals surface area contributed by atoms with E-state index in [0.29, 0.717) is 35.8 Å². The number of allylic oxidation sites excluding steroid dienone is 4. The normalized spacial score (nSPS) is 16.9. The van der Waals surface area contributed by atoms with Gasteiger partial charge < -0.3 is 18.9 Å². The molecule has 0 fully saturated rings. The van der Waals surface area contributed by atoms with Crippen LogP contribution in [-0.4, -0.2) is 34.2 Å². The average Bonchev–Trinajstić information content (AvgIpc) is 2.83. The Balaban J connectivity index is 2.29. The highest BCUT2D eigenvalue weighted by Gasteiger charge is 2.46. The highest BCUT2D eigenvalue weighted by Crippen LogP contribution is 2.49. The standard InChI is InChI=1S/C30H38O5/c1-20-17-29(3,4)16-15-24(20)30(21(2)31,18-22-25(32-5)11-9-12-26(22)33-6)19-23-27(34-7)13-10-14-28(23)35-8/h9-17,24H,18-19H2,1-8H3. The second kappa shape index (κ2) is 10.6. The molecule has 0 saturated heterocycles. The summed E-state index contributed by atoms with van der Waals surface area (Å²) in [4.78, 5) is 13.9. The molecule has 0 radical (unpaired) electrons. The van der Waals surface area contributed by atoms with E-state index in [4.69, 9.17) is 18.9 Å². The maximum Gasteiger partial charge on any atom is 0.137 e. The second-order valence-corrected chi connectivity index (χ2v) is 9.89. The van der Waals surface area contributed by atoms with Gasteiger partial charge in [0.1, 0.15) is 28.8 Å². The minimum absolute atomic E-state index is 0.0760. The summed E-state index contributed by atoms with van der Waals surface area (Å²) in [6, 6.07) is 11.4. The van der Waals surface area contributed by atoms with Crippen molar-refractivity contribution in [1.29, 1.82) is 0 Å². The summed E-state index contributed by atoms with van der Waals surface area (Å²) >= 11 is 0. The third-order valence-corrected chi connectivity index (χ3v) is 7.15. The Morgan fingerprint density at radius 3 is 1.54 bits per heavy atom. The number of hydrogen-bond acceptors (Lipinski definition) is 5. The molecule has 0 amide bonds. The third kappa shape index (κ3) is 5.24. The molecule has 0 aromatic heterocycles. The van der Waals surface area contributed by atoms with Crippen molar-refractivity contribution in [2.24, 2.45) is 16.7 Å². The van der Waals surface area contributed by atoms with Gasteiger partial charge in [-0.25, -0.2) is 0 Å². The van der Waals surface area contributed by atoms with Gasteiger partial charge in [0.05, 0.1) is 28.4 Å². The summed E-state index contributed by atoms with van der Waals surface area (Å²) in [5, 5.41) is 0. The number of Topliss-reactive ketones (excluding diaryl/α,β-unsaturated/α-hetero) is 1. The Bertz CT molecular complexity index is 1020.